The van der Waals surface area contributed by atoms with Gasteiger partial charge in [0.25, 0.3) is 5.91 Å². The number of carbonyl (C=O) groups excluding carboxylic acids is 1. The van der Waals surface area contributed by atoms with E-state index in [-0.39, 0.29) is 18.1 Å². The highest BCUT2D eigenvalue weighted by Crippen LogP contribution is 2.25. The fourth-order valence-electron chi connectivity index (χ4n) is 3.57. The number of hydrogen-bond donors (Lipinski definition) is 1. The van der Waals surface area contributed by atoms with Crippen LogP contribution in [0.4, 0.5) is 5.69 Å². The predicted octanol–water partition coefficient (Wildman–Crippen LogP) is 6.35. The number of rotatable bonds is 9. The van der Waals surface area contributed by atoms with Gasteiger partial charge in [-0.2, -0.15) is 0 Å². The Morgan fingerprint density at radius 1 is 1.00 bits per heavy atom. The Balaban J connectivity index is 1.67. The van der Waals surface area contributed by atoms with Gasteiger partial charge in [-0.05, 0) is 76.1 Å². The van der Waals surface area contributed by atoms with Crippen molar-refractivity contribution in [2.45, 2.75) is 59.7 Å². The van der Waals surface area contributed by atoms with E-state index in [1.807, 2.05) is 82.3 Å². The highest BCUT2D eigenvalue weighted by atomic mass is 16.5. The third-order valence-electron chi connectivity index (χ3n) is 5.02. The Kier molecular flexibility index (Phi) is 8.01. The van der Waals surface area contributed by atoms with Crippen molar-refractivity contribution in [3.05, 3.63) is 83.2 Å². The van der Waals surface area contributed by atoms with E-state index in [1.165, 1.54) is 5.56 Å². The lowest BCUT2D eigenvalue weighted by molar-refractivity contribution is 0.0190. The smallest absolute Gasteiger partial charge is 0.257 e. The average molecular weight is 433 g/mol. The predicted molar refractivity (Wildman–Crippen MR) is 129 cm³/mol. The van der Waals surface area contributed by atoms with Crippen molar-refractivity contribution in [3.63, 3.8) is 0 Å². The molecule has 0 aliphatic rings. The molecule has 0 aliphatic carbocycles. The maximum atomic E-state index is 12.9. The molecule has 1 aromatic heterocycles. The number of amides is 1. The Morgan fingerprint density at radius 3 is 2.41 bits per heavy atom. The summed E-state index contributed by atoms with van der Waals surface area (Å²) >= 11 is 0. The number of ether oxygens (including phenoxy) is 2. The van der Waals surface area contributed by atoms with Gasteiger partial charge in [0, 0.05) is 23.9 Å². The molecule has 0 spiro atoms. The maximum Gasteiger partial charge on any atom is 0.257 e. The van der Waals surface area contributed by atoms with Gasteiger partial charge in [-0.3, -0.25) is 9.78 Å². The highest BCUT2D eigenvalue weighted by molar-refractivity contribution is 6.05. The van der Waals surface area contributed by atoms with Crippen LogP contribution < -0.4 is 10.1 Å². The molecule has 0 saturated carbocycles. The number of nitrogens with zero attached hydrogens (tertiary/aromatic N) is 1. The normalized spacial score (nSPS) is 11.9. The third kappa shape index (κ3) is 6.66. The van der Waals surface area contributed by atoms with Crippen molar-refractivity contribution in [2.75, 3.05) is 5.32 Å². The summed E-state index contributed by atoms with van der Waals surface area (Å²) in [5, 5.41) is 2.95. The number of nitrogens with one attached hydrogen (secondary N) is 1. The minimum Gasteiger partial charge on any atom is -0.457 e. The lowest BCUT2D eigenvalue weighted by atomic mass is 10.1. The molecular weight excluding hydrogens is 400 g/mol. The Morgan fingerprint density at radius 2 is 1.72 bits per heavy atom. The van der Waals surface area contributed by atoms with E-state index in [2.05, 4.69) is 23.3 Å². The molecule has 5 nitrogen and oxygen atoms in total. The molecule has 1 unspecified atom stereocenters. The number of pyridine rings is 1. The van der Waals surface area contributed by atoms with Crippen LogP contribution in [0.2, 0.25) is 0 Å². The summed E-state index contributed by atoms with van der Waals surface area (Å²) in [6.45, 7) is 10.0. The summed E-state index contributed by atoms with van der Waals surface area (Å²) in [7, 11) is 0. The van der Waals surface area contributed by atoms with Crippen molar-refractivity contribution in [2.24, 2.45) is 0 Å². The van der Waals surface area contributed by atoms with E-state index in [9.17, 15) is 4.79 Å². The van der Waals surface area contributed by atoms with Crippen molar-refractivity contribution < 1.29 is 14.3 Å². The van der Waals surface area contributed by atoms with Crippen LogP contribution in [0.5, 0.6) is 11.5 Å². The Labute approximate surface area is 190 Å². The lowest BCUT2D eigenvalue weighted by Gasteiger charge is -2.16. The SMILES string of the molecule is CCc1cccc(Oc2cccc(NC(=O)c3ccc(CC(C)OC(C)C)nc3C)c2)c1. The number of aryl methyl sites for hydroxylation is 2. The van der Waals surface area contributed by atoms with E-state index >= 15 is 0 Å². The Bertz CT molecular complexity index is 1060. The van der Waals surface area contributed by atoms with Gasteiger partial charge in [-0.25, -0.2) is 0 Å². The molecule has 168 valence electrons. The first kappa shape index (κ1) is 23.5. The molecule has 0 fully saturated rings. The van der Waals surface area contributed by atoms with Crippen LogP contribution in [-0.4, -0.2) is 23.1 Å². The molecule has 1 N–H and O–H groups in total. The standard InChI is InChI=1S/C27H32N2O3/c1-6-21-9-7-11-24(16-21)32-25-12-8-10-22(17-25)29-27(30)26-14-13-23(28-20(26)5)15-19(4)31-18(2)3/h7-14,16-19H,6,15H2,1-5H3,(H,29,30). The zero-order valence-electron chi connectivity index (χ0n) is 19.5. The molecule has 3 rings (SSSR count). The molecular formula is C27H32N2O3. The maximum absolute atomic E-state index is 12.9. The van der Waals surface area contributed by atoms with Gasteiger partial charge in [0.2, 0.25) is 0 Å². The minimum atomic E-state index is -0.196. The molecule has 0 aliphatic heterocycles. The molecule has 1 atom stereocenters. The molecule has 3 aromatic rings. The van der Waals surface area contributed by atoms with Gasteiger partial charge in [0.15, 0.2) is 0 Å². The van der Waals surface area contributed by atoms with Crippen molar-refractivity contribution in [3.8, 4) is 11.5 Å². The molecule has 0 radical (unpaired) electrons. The van der Waals surface area contributed by atoms with Crippen molar-refractivity contribution in [1.29, 1.82) is 0 Å². The van der Waals surface area contributed by atoms with E-state index in [1.54, 1.807) is 0 Å². The van der Waals surface area contributed by atoms with Crippen LogP contribution in [0.25, 0.3) is 0 Å². The van der Waals surface area contributed by atoms with Crippen LogP contribution in [0, 0.1) is 6.92 Å². The number of aromatic nitrogens is 1. The largest absolute Gasteiger partial charge is 0.457 e. The monoisotopic (exact) mass is 432 g/mol. The zero-order valence-corrected chi connectivity index (χ0v) is 19.5. The summed E-state index contributed by atoms with van der Waals surface area (Å²) in [6.07, 6.45) is 1.90. The minimum absolute atomic E-state index is 0.0716. The highest BCUT2D eigenvalue weighted by Gasteiger charge is 2.14. The Hall–Kier alpha value is -3.18. The summed E-state index contributed by atoms with van der Waals surface area (Å²) in [6, 6.07) is 19.1. The van der Waals surface area contributed by atoms with Crippen LogP contribution in [0.15, 0.2) is 60.7 Å². The molecule has 1 heterocycles. The lowest BCUT2D eigenvalue weighted by Crippen LogP contribution is -2.18. The molecule has 2 aromatic carbocycles. The van der Waals surface area contributed by atoms with Crippen molar-refractivity contribution >= 4 is 11.6 Å². The molecule has 32 heavy (non-hydrogen) atoms. The van der Waals surface area contributed by atoms with Gasteiger partial charge in [-0.1, -0.05) is 25.1 Å². The van der Waals surface area contributed by atoms with E-state index in [0.29, 0.717) is 29.1 Å². The third-order valence-corrected chi connectivity index (χ3v) is 5.02. The van der Waals surface area contributed by atoms with Gasteiger partial charge in [-0.15, -0.1) is 0 Å². The fraction of sp³-hybridized carbons (Fsp3) is 0.333. The summed E-state index contributed by atoms with van der Waals surface area (Å²) in [4.78, 5) is 17.5. The second-order valence-corrected chi connectivity index (χ2v) is 8.22. The number of hydrogen-bond acceptors (Lipinski definition) is 4. The van der Waals surface area contributed by atoms with Gasteiger partial charge in [0.1, 0.15) is 11.5 Å². The molecule has 5 heteroatoms. The number of carbonyl (C=O) groups is 1. The van der Waals surface area contributed by atoms with Crippen LogP contribution in [0.1, 0.15) is 55.0 Å². The quantitative estimate of drug-likeness (QED) is 0.428. The topological polar surface area (TPSA) is 60.5 Å². The average Bonchev–Trinajstić information content (AvgIpc) is 2.73. The van der Waals surface area contributed by atoms with E-state index in [0.717, 1.165) is 17.9 Å². The zero-order chi connectivity index (χ0) is 23.1. The first-order valence-electron chi connectivity index (χ1n) is 11.1. The van der Waals surface area contributed by atoms with Gasteiger partial charge < -0.3 is 14.8 Å². The van der Waals surface area contributed by atoms with E-state index in [4.69, 9.17) is 9.47 Å². The summed E-state index contributed by atoms with van der Waals surface area (Å²) in [5.41, 5.74) is 4.04. The van der Waals surface area contributed by atoms with Crippen LogP contribution in [0.3, 0.4) is 0 Å². The second-order valence-electron chi connectivity index (χ2n) is 8.22. The first-order valence-corrected chi connectivity index (χ1v) is 11.1. The molecule has 1 amide bonds. The number of anilines is 1. The second kappa shape index (κ2) is 10.9. The van der Waals surface area contributed by atoms with Gasteiger partial charge in [0.05, 0.1) is 23.5 Å². The van der Waals surface area contributed by atoms with Crippen molar-refractivity contribution in [1.82, 2.24) is 4.98 Å². The summed E-state index contributed by atoms with van der Waals surface area (Å²) < 4.78 is 11.8. The molecule has 0 bridgehead atoms. The van der Waals surface area contributed by atoms with Crippen LogP contribution >= 0.6 is 0 Å². The number of benzene rings is 2. The van der Waals surface area contributed by atoms with Crippen LogP contribution in [-0.2, 0) is 17.6 Å². The molecule has 0 saturated heterocycles. The van der Waals surface area contributed by atoms with E-state index < -0.39 is 0 Å². The summed E-state index contributed by atoms with van der Waals surface area (Å²) in [5.74, 6) is 1.25. The first-order chi connectivity index (χ1) is 15.3. The van der Waals surface area contributed by atoms with Gasteiger partial charge >= 0.3 is 0 Å². The fourth-order valence-corrected chi connectivity index (χ4v) is 3.57.